The number of nitrogens with one attached hydrogen (secondary N) is 1. The molecule has 0 spiro atoms. The van der Waals surface area contributed by atoms with Crippen molar-refractivity contribution in [3.05, 3.63) is 54.1 Å². The minimum absolute atomic E-state index is 0.00930. The summed E-state index contributed by atoms with van der Waals surface area (Å²) < 4.78 is 52.5. The summed E-state index contributed by atoms with van der Waals surface area (Å²) in [6.45, 7) is 8.57. The number of nitrogens with zero attached hydrogens (tertiary/aromatic N) is 2. The third-order valence-electron chi connectivity index (χ3n) is 9.84. The van der Waals surface area contributed by atoms with Gasteiger partial charge in [-0.25, -0.2) is 8.42 Å². The molecule has 2 aromatic rings. The molecule has 3 aliphatic rings. The lowest BCUT2D eigenvalue weighted by atomic mass is 9.87. The van der Waals surface area contributed by atoms with Gasteiger partial charge in [0.15, 0.2) is 17.8 Å². The van der Waals surface area contributed by atoms with E-state index in [0.717, 1.165) is 23.3 Å². The fourth-order valence-corrected chi connectivity index (χ4v) is 8.90. The molecule has 2 amide bonds. The molecule has 3 aliphatic heterocycles. The zero-order valence-electron chi connectivity index (χ0n) is 30.0. The van der Waals surface area contributed by atoms with Gasteiger partial charge in [0.2, 0.25) is 22.7 Å². The predicted octanol–water partition coefficient (Wildman–Crippen LogP) is 3.14. The summed E-state index contributed by atoms with van der Waals surface area (Å²) in [7, 11) is -4.24. The van der Waals surface area contributed by atoms with Crippen LogP contribution in [0.3, 0.4) is 0 Å². The van der Waals surface area contributed by atoms with Gasteiger partial charge in [0.05, 0.1) is 36.3 Å². The summed E-state index contributed by atoms with van der Waals surface area (Å²) in [6, 6.07) is 11.9. The van der Waals surface area contributed by atoms with Crippen molar-refractivity contribution < 1.29 is 47.2 Å². The molecule has 3 heterocycles. The minimum Gasteiger partial charge on any atom is -0.530 e. The molecular formula is C37H52N3O10S-. The number of ether oxygens (including phenoxy) is 4. The van der Waals surface area contributed by atoms with Gasteiger partial charge in [0.1, 0.15) is 6.09 Å². The Kier molecular flexibility index (Phi) is 12.9. The Morgan fingerprint density at radius 2 is 1.80 bits per heavy atom. The molecule has 2 saturated heterocycles. The van der Waals surface area contributed by atoms with Crippen molar-refractivity contribution in [2.24, 2.45) is 17.3 Å². The van der Waals surface area contributed by atoms with Gasteiger partial charge in [-0.1, -0.05) is 64.4 Å². The van der Waals surface area contributed by atoms with Crippen molar-refractivity contribution in [3.63, 3.8) is 0 Å². The molecule has 0 radical (unpaired) electrons. The number of unbranched alkanes of at least 4 members (excludes halogenated alkanes) is 1. The third kappa shape index (κ3) is 9.92. The van der Waals surface area contributed by atoms with Gasteiger partial charge in [-0.05, 0) is 54.7 Å². The molecule has 2 fully saturated rings. The highest BCUT2D eigenvalue weighted by Gasteiger charge is 2.47. The molecule has 0 aliphatic carbocycles. The van der Waals surface area contributed by atoms with E-state index in [4.69, 9.17) is 18.9 Å². The van der Waals surface area contributed by atoms with Crippen molar-refractivity contribution in [3.8, 4) is 11.5 Å². The summed E-state index contributed by atoms with van der Waals surface area (Å²) in [6.07, 6.45) is -0.194. The lowest BCUT2D eigenvalue weighted by Gasteiger charge is -2.43. The molecule has 13 nitrogen and oxygen atoms in total. The molecule has 5 atom stereocenters. The van der Waals surface area contributed by atoms with E-state index in [-0.39, 0.29) is 55.5 Å². The summed E-state index contributed by atoms with van der Waals surface area (Å²) in [5.41, 5.74) is 0.221. The van der Waals surface area contributed by atoms with Gasteiger partial charge in [0.25, 0.3) is 0 Å². The molecule has 51 heavy (non-hydrogen) atoms. The lowest BCUT2D eigenvalue weighted by Crippen LogP contribution is -2.61. The monoisotopic (exact) mass is 730 g/mol. The van der Waals surface area contributed by atoms with Crippen molar-refractivity contribution in [2.45, 2.75) is 95.6 Å². The van der Waals surface area contributed by atoms with Gasteiger partial charge >= 0.3 is 0 Å². The second-order valence-corrected chi connectivity index (χ2v) is 16.9. The highest BCUT2D eigenvalue weighted by molar-refractivity contribution is 7.89. The Bertz CT molecular complexity index is 1590. The van der Waals surface area contributed by atoms with Crippen LogP contribution in [-0.4, -0.2) is 98.8 Å². The van der Waals surface area contributed by atoms with Gasteiger partial charge < -0.3 is 44.2 Å². The number of hydrogen-bond donors (Lipinski definition) is 2. The Hall–Kier alpha value is -3.43. The Balaban J connectivity index is 1.40. The number of carboxylic acid groups (broad SMARTS) is 1. The van der Waals surface area contributed by atoms with E-state index < -0.39 is 46.0 Å². The zero-order valence-corrected chi connectivity index (χ0v) is 30.8. The summed E-state index contributed by atoms with van der Waals surface area (Å²) in [5.74, 6) is 0.770. The van der Waals surface area contributed by atoms with E-state index in [1.165, 1.54) is 16.4 Å². The van der Waals surface area contributed by atoms with Gasteiger partial charge in [0, 0.05) is 38.0 Å². The predicted molar refractivity (Wildman–Crippen MR) is 186 cm³/mol. The summed E-state index contributed by atoms with van der Waals surface area (Å²) >= 11 is 0. The second kappa shape index (κ2) is 16.9. The molecule has 5 rings (SSSR count). The van der Waals surface area contributed by atoms with E-state index in [9.17, 15) is 28.2 Å². The molecule has 0 bridgehead atoms. The second-order valence-electron chi connectivity index (χ2n) is 15.0. The van der Waals surface area contributed by atoms with Crippen LogP contribution in [-0.2, 0) is 30.7 Å². The van der Waals surface area contributed by atoms with E-state index in [0.29, 0.717) is 43.9 Å². The zero-order chi connectivity index (χ0) is 36.8. The molecule has 0 aromatic heterocycles. The Labute approximate surface area is 301 Å². The molecular weight excluding hydrogens is 678 g/mol. The van der Waals surface area contributed by atoms with Gasteiger partial charge in [-0.3, -0.25) is 4.79 Å². The number of carbonyl (C=O) groups excluding carboxylic acids is 2. The van der Waals surface area contributed by atoms with Crippen molar-refractivity contribution in [2.75, 3.05) is 39.6 Å². The normalized spacial score (nSPS) is 21.1. The molecule has 282 valence electrons. The summed E-state index contributed by atoms with van der Waals surface area (Å²) in [4.78, 5) is 26.2. The molecule has 0 saturated carbocycles. The lowest BCUT2D eigenvalue weighted by molar-refractivity contribution is -0.273. The first-order valence-electron chi connectivity index (χ1n) is 17.9. The van der Waals surface area contributed by atoms with E-state index in [2.05, 4.69) is 5.32 Å². The van der Waals surface area contributed by atoms with Crippen molar-refractivity contribution >= 4 is 22.0 Å². The number of rotatable bonds is 18. The molecule has 2 N–H and O–H groups in total. The maximum absolute atomic E-state index is 14.5. The van der Waals surface area contributed by atoms with Gasteiger partial charge in [-0.2, -0.15) is 4.31 Å². The molecule has 2 aromatic carbocycles. The van der Waals surface area contributed by atoms with Crippen LogP contribution in [0.15, 0.2) is 53.4 Å². The Morgan fingerprint density at radius 1 is 1.06 bits per heavy atom. The first-order chi connectivity index (χ1) is 24.2. The standard InChI is InChI=1S/C37H53N3O10S/c1-25(2)18-34(42)38-16-9-8-15-37(3,4)23-39(51(45,46)27-12-13-32-33(20-27)50-24-49-32)21-31(41)29(19-26-10-6-5-7-11-26)40(36(43)44)30-22-48-35-28(30)14-17-47-35/h5-7,10-13,20,25,28-31,35,41H,8-9,14-19,21-24H2,1-4H3,(H,38,42)(H,43,44)/p-1/t28-,29-,30-,31+,35+/m0/s1. The van der Waals surface area contributed by atoms with Crippen molar-refractivity contribution in [1.82, 2.24) is 14.5 Å². The van der Waals surface area contributed by atoms with Crippen LogP contribution in [0.2, 0.25) is 0 Å². The van der Waals surface area contributed by atoms with E-state index in [1.54, 1.807) is 6.07 Å². The van der Waals surface area contributed by atoms with E-state index >= 15 is 0 Å². The quantitative estimate of drug-likeness (QED) is 0.218. The van der Waals surface area contributed by atoms with Crippen LogP contribution in [0, 0.1) is 17.3 Å². The summed E-state index contributed by atoms with van der Waals surface area (Å²) in [5, 5.41) is 28.0. The Morgan fingerprint density at radius 3 is 2.53 bits per heavy atom. The topological polar surface area (TPSA) is 167 Å². The largest absolute Gasteiger partial charge is 0.530 e. The third-order valence-corrected chi connectivity index (χ3v) is 11.6. The van der Waals surface area contributed by atoms with Crippen LogP contribution in [0.25, 0.3) is 0 Å². The maximum atomic E-state index is 14.5. The number of sulfonamides is 1. The minimum atomic E-state index is -4.24. The number of carbonyl (C=O) groups is 2. The number of hydrogen-bond acceptors (Lipinski definition) is 10. The fraction of sp³-hybridized carbons (Fsp3) is 0.622. The molecule has 0 unspecified atom stereocenters. The molecule has 14 heteroatoms. The first kappa shape index (κ1) is 38.8. The highest BCUT2D eigenvalue weighted by Crippen LogP contribution is 2.38. The van der Waals surface area contributed by atoms with Crippen LogP contribution in [0.5, 0.6) is 11.5 Å². The SMILES string of the molecule is CC(C)CC(=O)NCCCCC(C)(C)CN(C[C@@H](O)[C@H](Cc1ccccc1)N(C(=O)[O-])[C@H]1CO[C@H]2OCC[C@H]21)S(=O)(=O)c1ccc2c(c1)OCO2. The van der Waals surface area contributed by atoms with Crippen LogP contribution in [0.1, 0.15) is 65.4 Å². The number of aliphatic hydroxyl groups excluding tert-OH is 1. The number of aliphatic hydroxyl groups is 1. The van der Waals surface area contributed by atoms with Crippen molar-refractivity contribution in [1.29, 1.82) is 0 Å². The number of benzene rings is 2. The van der Waals surface area contributed by atoms with Crippen LogP contribution < -0.4 is 19.9 Å². The smallest absolute Gasteiger partial charge is 0.243 e. The highest BCUT2D eigenvalue weighted by atomic mass is 32.2. The first-order valence-corrected chi connectivity index (χ1v) is 19.3. The fourth-order valence-electron chi connectivity index (χ4n) is 7.24. The average Bonchev–Trinajstić information content (AvgIpc) is 3.82. The maximum Gasteiger partial charge on any atom is 0.243 e. The number of amides is 2. The van der Waals surface area contributed by atoms with Crippen LogP contribution in [0.4, 0.5) is 4.79 Å². The van der Waals surface area contributed by atoms with Gasteiger partial charge in [-0.15, -0.1) is 0 Å². The van der Waals surface area contributed by atoms with E-state index in [1.807, 2.05) is 58.0 Å². The number of fused-ring (bicyclic) bond motifs is 2. The van der Waals surface area contributed by atoms with Crippen LogP contribution >= 0.6 is 0 Å². The average molecular weight is 731 g/mol.